The summed E-state index contributed by atoms with van der Waals surface area (Å²) in [6.45, 7) is 2.12. The molecule has 1 amide bonds. The lowest BCUT2D eigenvalue weighted by atomic mass is 9.82. The molecule has 1 fully saturated rings. The number of hydrogen-bond donors (Lipinski definition) is 1. The van der Waals surface area contributed by atoms with Crippen LogP contribution in [0.25, 0.3) is 0 Å². The standard InChI is InChI=1S/C14H19NO/c1-10-7-8-12(14(15)16)9-13(10)11-5-3-2-4-6-11/h7-9,11H,2-6H2,1H3,(H2,15,16). The molecule has 2 N–H and O–H groups in total. The molecular formula is C14H19NO. The van der Waals surface area contributed by atoms with Gasteiger partial charge in [-0.3, -0.25) is 4.79 Å². The number of rotatable bonds is 2. The molecular weight excluding hydrogens is 198 g/mol. The Hall–Kier alpha value is -1.31. The lowest BCUT2D eigenvalue weighted by Gasteiger charge is -2.23. The van der Waals surface area contributed by atoms with Crippen molar-refractivity contribution in [3.63, 3.8) is 0 Å². The number of amides is 1. The highest BCUT2D eigenvalue weighted by atomic mass is 16.1. The second kappa shape index (κ2) is 4.69. The van der Waals surface area contributed by atoms with Gasteiger partial charge in [-0.15, -0.1) is 0 Å². The normalized spacial score (nSPS) is 17.3. The lowest BCUT2D eigenvalue weighted by molar-refractivity contribution is 0.1000. The fraction of sp³-hybridized carbons (Fsp3) is 0.500. The highest BCUT2D eigenvalue weighted by Crippen LogP contribution is 2.34. The molecule has 86 valence electrons. The van der Waals surface area contributed by atoms with Gasteiger partial charge in [0.25, 0.3) is 0 Å². The highest BCUT2D eigenvalue weighted by molar-refractivity contribution is 5.93. The third kappa shape index (κ3) is 2.26. The van der Waals surface area contributed by atoms with Gasteiger partial charge in [-0.05, 0) is 48.9 Å². The predicted molar refractivity (Wildman–Crippen MR) is 65.5 cm³/mol. The van der Waals surface area contributed by atoms with Gasteiger partial charge in [0.2, 0.25) is 5.91 Å². The van der Waals surface area contributed by atoms with E-state index in [1.54, 1.807) is 0 Å². The van der Waals surface area contributed by atoms with Crippen molar-refractivity contribution in [3.05, 3.63) is 34.9 Å². The minimum atomic E-state index is -0.322. The topological polar surface area (TPSA) is 43.1 Å². The van der Waals surface area contributed by atoms with Gasteiger partial charge in [-0.2, -0.15) is 0 Å². The van der Waals surface area contributed by atoms with Crippen LogP contribution in [0.3, 0.4) is 0 Å². The summed E-state index contributed by atoms with van der Waals surface area (Å²) in [4.78, 5) is 11.2. The van der Waals surface area contributed by atoms with Crippen molar-refractivity contribution in [2.75, 3.05) is 0 Å². The summed E-state index contributed by atoms with van der Waals surface area (Å²) in [5, 5.41) is 0. The molecule has 0 radical (unpaired) electrons. The number of nitrogens with two attached hydrogens (primary N) is 1. The maximum atomic E-state index is 11.2. The van der Waals surface area contributed by atoms with Crippen LogP contribution >= 0.6 is 0 Å². The van der Waals surface area contributed by atoms with Gasteiger partial charge in [-0.1, -0.05) is 25.3 Å². The van der Waals surface area contributed by atoms with Gasteiger partial charge in [0.1, 0.15) is 0 Å². The molecule has 2 nitrogen and oxygen atoms in total. The molecule has 0 atom stereocenters. The molecule has 1 aromatic rings. The summed E-state index contributed by atoms with van der Waals surface area (Å²) in [5.74, 6) is 0.310. The third-order valence-corrected chi connectivity index (χ3v) is 3.61. The summed E-state index contributed by atoms with van der Waals surface area (Å²) in [6, 6.07) is 5.83. The van der Waals surface area contributed by atoms with E-state index in [2.05, 4.69) is 6.92 Å². The molecule has 16 heavy (non-hydrogen) atoms. The van der Waals surface area contributed by atoms with E-state index in [-0.39, 0.29) is 5.91 Å². The van der Waals surface area contributed by atoms with Gasteiger partial charge >= 0.3 is 0 Å². The van der Waals surface area contributed by atoms with Crippen LogP contribution in [0.2, 0.25) is 0 Å². The quantitative estimate of drug-likeness (QED) is 0.812. The minimum absolute atomic E-state index is 0.322. The fourth-order valence-electron chi connectivity index (χ4n) is 2.65. The van der Waals surface area contributed by atoms with Crippen molar-refractivity contribution >= 4 is 5.91 Å². The summed E-state index contributed by atoms with van der Waals surface area (Å²) >= 11 is 0. The lowest BCUT2D eigenvalue weighted by Crippen LogP contribution is -2.13. The summed E-state index contributed by atoms with van der Waals surface area (Å²) in [6.07, 6.45) is 6.48. The first-order chi connectivity index (χ1) is 7.68. The first kappa shape index (κ1) is 11.2. The first-order valence-corrected chi connectivity index (χ1v) is 6.09. The van der Waals surface area contributed by atoms with Crippen molar-refractivity contribution in [1.29, 1.82) is 0 Å². The second-order valence-corrected chi connectivity index (χ2v) is 4.77. The average Bonchev–Trinajstić information content (AvgIpc) is 2.30. The molecule has 0 heterocycles. The Balaban J connectivity index is 2.30. The smallest absolute Gasteiger partial charge is 0.248 e. The van der Waals surface area contributed by atoms with Gasteiger partial charge in [0.15, 0.2) is 0 Å². The zero-order valence-electron chi connectivity index (χ0n) is 9.83. The van der Waals surface area contributed by atoms with Crippen LogP contribution in [0.4, 0.5) is 0 Å². The number of primary amides is 1. The van der Waals surface area contributed by atoms with E-state index in [0.29, 0.717) is 11.5 Å². The Morgan fingerprint density at radius 3 is 2.56 bits per heavy atom. The summed E-state index contributed by atoms with van der Waals surface area (Å²) in [5.41, 5.74) is 8.59. The molecule has 1 aliphatic carbocycles. The van der Waals surface area contributed by atoms with Crippen molar-refractivity contribution < 1.29 is 4.79 Å². The number of carbonyl (C=O) groups is 1. The molecule has 0 aromatic heterocycles. The van der Waals surface area contributed by atoms with E-state index in [1.807, 2.05) is 18.2 Å². The van der Waals surface area contributed by atoms with Gasteiger partial charge in [0, 0.05) is 5.56 Å². The molecule has 0 aliphatic heterocycles. The monoisotopic (exact) mass is 217 g/mol. The summed E-state index contributed by atoms with van der Waals surface area (Å²) < 4.78 is 0. The van der Waals surface area contributed by atoms with Crippen LogP contribution in [0.1, 0.15) is 59.5 Å². The molecule has 0 bridgehead atoms. The molecule has 1 aliphatic rings. The predicted octanol–water partition coefficient (Wildman–Crippen LogP) is 3.14. The molecule has 2 rings (SSSR count). The Morgan fingerprint density at radius 1 is 1.25 bits per heavy atom. The van der Waals surface area contributed by atoms with E-state index in [0.717, 1.165) is 0 Å². The summed E-state index contributed by atoms with van der Waals surface area (Å²) in [7, 11) is 0. The average molecular weight is 217 g/mol. The molecule has 0 spiro atoms. The van der Waals surface area contributed by atoms with E-state index in [9.17, 15) is 4.79 Å². The maximum absolute atomic E-state index is 11.2. The molecule has 1 saturated carbocycles. The SMILES string of the molecule is Cc1ccc(C(N)=O)cc1C1CCCCC1. The Labute approximate surface area is 96.8 Å². The van der Waals surface area contributed by atoms with Crippen molar-refractivity contribution in [1.82, 2.24) is 0 Å². The van der Waals surface area contributed by atoms with Crippen LogP contribution in [0.5, 0.6) is 0 Å². The Kier molecular flexibility index (Phi) is 3.28. The van der Waals surface area contributed by atoms with Crippen LogP contribution in [0.15, 0.2) is 18.2 Å². The van der Waals surface area contributed by atoms with Gasteiger partial charge in [0.05, 0.1) is 0 Å². The van der Waals surface area contributed by atoms with E-state index in [4.69, 9.17) is 5.73 Å². The number of carbonyl (C=O) groups excluding carboxylic acids is 1. The maximum Gasteiger partial charge on any atom is 0.248 e. The van der Waals surface area contributed by atoms with Crippen molar-refractivity contribution in [3.8, 4) is 0 Å². The third-order valence-electron chi connectivity index (χ3n) is 3.61. The van der Waals surface area contributed by atoms with Crippen LogP contribution in [-0.2, 0) is 0 Å². The van der Waals surface area contributed by atoms with E-state index < -0.39 is 0 Å². The highest BCUT2D eigenvalue weighted by Gasteiger charge is 2.18. The number of aryl methyl sites for hydroxylation is 1. The second-order valence-electron chi connectivity index (χ2n) is 4.77. The molecule has 2 heteroatoms. The fourth-order valence-corrected chi connectivity index (χ4v) is 2.65. The Bertz CT molecular complexity index is 392. The zero-order chi connectivity index (χ0) is 11.5. The van der Waals surface area contributed by atoms with Gasteiger partial charge in [-0.25, -0.2) is 0 Å². The largest absolute Gasteiger partial charge is 0.366 e. The molecule has 0 unspecified atom stereocenters. The van der Waals surface area contributed by atoms with E-state index >= 15 is 0 Å². The Morgan fingerprint density at radius 2 is 1.94 bits per heavy atom. The first-order valence-electron chi connectivity index (χ1n) is 6.09. The minimum Gasteiger partial charge on any atom is -0.366 e. The van der Waals surface area contributed by atoms with Crippen LogP contribution < -0.4 is 5.73 Å². The van der Waals surface area contributed by atoms with E-state index in [1.165, 1.54) is 43.2 Å². The molecule has 0 saturated heterocycles. The van der Waals surface area contributed by atoms with Crippen molar-refractivity contribution in [2.45, 2.75) is 44.9 Å². The van der Waals surface area contributed by atoms with Gasteiger partial charge < -0.3 is 5.73 Å². The number of hydrogen-bond acceptors (Lipinski definition) is 1. The van der Waals surface area contributed by atoms with Crippen molar-refractivity contribution in [2.24, 2.45) is 5.73 Å². The number of benzene rings is 1. The van der Waals surface area contributed by atoms with Crippen LogP contribution in [0, 0.1) is 6.92 Å². The van der Waals surface area contributed by atoms with Crippen LogP contribution in [-0.4, -0.2) is 5.91 Å². The zero-order valence-corrected chi connectivity index (χ0v) is 9.83. The molecule has 1 aromatic carbocycles.